The summed E-state index contributed by atoms with van der Waals surface area (Å²) in [7, 11) is 0. The fourth-order valence-corrected chi connectivity index (χ4v) is 2.11. The molecule has 2 heteroatoms. The quantitative estimate of drug-likeness (QED) is 0.840. The van der Waals surface area contributed by atoms with Crippen molar-refractivity contribution >= 4 is 0 Å². The number of benzene rings is 1. The van der Waals surface area contributed by atoms with Crippen LogP contribution in [0.15, 0.2) is 24.3 Å². The Morgan fingerprint density at radius 1 is 1.44 bits per heavy atom. The summed E-state index contributed by atoms with van der Waals surface area (Å²) >= 11 is 0. The Labute approximate surface area is 98.0 Å². The minimum absolute atomic E-state index is 0.246. The molecule has 1 atom stereocenters. The zero-order valence-corrected chi connectivity index (χ0v) is 10.0. The zero-order chi connectivity index (χ0) is 11.2. The van der Waals surface area contributed by atoms with Crippen LogP contribution in [-0.4, -0.2) is 19.7 Å². The molecule has 88 valence electrons. The first-order valence-corrected chi connectivity index (χ1v) is 6.31. The summed E-state index contributed by atoms with van der Waals surface area (Å²) < 4.78 is 5.76. The second-order valence-electron chi connectivity index (χ2n) is 4.41. The lowest BCUT2D eigenvalue weighted by atomic mass is 10.0. The average molecular weight is 219 g/mol. The molecule has 0 saturated carbocycles. The van der Waals surface area contributed by atoms with E-state index >= 15 is 0 Å². The third-order valence-electron chi connectivity index (χ3n) is 3.07. The summed E-state index contributed by atoms with van der Waals surface area (Å²) in [5.41, 5.74) is 2.76. The third-order valence-corrected chi connectivity index (χ3v) is 3.07. The van der Waals surface area contributed by atoms with E-state index in [-0.39, 0.29) is 6.10 Å². The van der Waals surface area contributed by atoms with Crippen molar-refractivity contribution in [1.82, 2.24) is 5.32 Å². The van der Waals surface area contributed by atoms with Crippen molar-refractivity contribution in [2.24, 2.45) is 0 Å². The molecule has 2 nitrogen and oxygen atoms in total. The van der Waals surface area contributed by atoms with Gasteiger partial charge in [-0.3, -0.25) is 0 Å². The highest BCUT2D eigenvalue weighted by atomic mass is 16.5. The first-order chi connectivity index (χ1) is 7.90. The SMILES string of the molecule is CCCCc1cccc(C2CNCCO2)c1. The van der Waals surface area contributed by atoms with Crippen molar-refractivity contribution in [2.45, 2.75) is 32.3 Å². The summed E-state index contributed by atoms with van der Waals surface area (Å²) in [6.07, 6.45) is 3.96. The predicted molar refractivity (Wildman–Crippen MR) is 66.6 cm³/mol. The van der Waals surface area contributed by atoms with Crippen LogP contribution >= 0.6 is 0 Å². The molecule has 1 aliphatic heterocycles. The Balaban J connectivity index is 2.02. The average Bonchev–Trinajstić information content (AvgIpc) is 2.38. The summed E-state index contributed by atoms with van der Waals surface area (Å²) in [6, 6.07) is 8.84. The summed E-state index contributed by atoms with van der Waals surface area (Å²) in [5, 5.41) is 3.37. The Kier molecular flexibility index (Phi) is 4.37. The largest absolute Gasteiger partial charge is 0.371 e. The van der Waals surface area contributed by atoms with E-state index in [2.05, 4.69) is 36.5 Å². The van der Waals surface area contributed by atoms with Gasteiger partial charge in [0.2, 0.25) is 0 Å². The topological polar surface area (TPSA) is 21.3 Å². The Bertz CT molecular complexity index is 318. The smallest absolute Gasteiger partial charge is 0.0949 e. The summed E-state index contributed by atoms with van der Waals surface area (Å²) in [4.78, 5) is 0. The molecular formula is C14H21NO. The summed E-state index contributed by atoms with van der Waals surface area (Å²) in [5.74, 6) is 0. The Morgan fingerprint density at radius 3 is 3.12 bits per heavy atom. The summed E-state index contributed by atoms with van der Waals surface area (Å²) in [6.45, 7) is 4.98. The Hall–Kier alpha value is -0.860. The van der Waals surface area contributed by atoms with Crippen LogP contribution in [0, 0.1) is 0 Å². The molecule has 1 N–H and O–H groups in total. The van der Waals surface area contributed by atoms with Gasteiger partial charge in [0.1, 0.15) is 0 Å². The van der Waals surface area contributed by atoms with Gasteiger partial charge in [-0.15, -0.1) is 0 Å². The van der Waals surface area contributed by atoms with Crippen molar-refractivity contribution in [3.05, 3.63) is 35.4 Å². The fraction of sp³-hybridized carbons (Fsp3) is 0.571. The maximum absolute atomic E-state index is 5.76. The van der Waals surface area contributed by atoms with Gasteiger partial charge >= 0.3 is 0 Å². The Morgan fingerprint density at radius 2 is 2.38 bits per heavy atom. The van der Waals surface area contributed by atoms with Crippen LogP contribution in [0.1, 0.15) is 37.0 Å². The van der Waals surface area contributed by atoms with Gasteiger partial charge in [0, 0.05) is 13.1 Å². The van der Waals surface area contributed by atoms with Crippen LogP contribution < -0.4 is 5.32 Å². The third kappa shape index (κ3) is 3.06. The van der Waals surface area contributed by atoms with E-state index in [1.807, 2.05) is 0 Å². The molecular weight excluding hydrogens is 198 g/mol. The number of morpholine rings is 1. The lowest BCUT2D eigenvalue weighted by molar-refractivity contribution is 0.0276. The van der Waals surface area contributed by atoms with Crippen LogP contribution in [0.4, 0.5) is 0 Å². The number of hydrogen-bond acceptors (Lipinski definition) is 2. The van der Waals surface area contributed by atoms with Crippen LogP contribution in [0.25, 0.3) is 0 Å². The van der Waals surface area contributed by atoms with Gasteiger partial charge in [-0.25, -0.2) is 0 Å². The molecule has 1 saturated heterocycles. The number of nitrogens with one attached hydrogen (secondary N) is 1. The van der Waals surface area contributed by atoms with Gasteiger partial charge in [-0.2, -0.15) is 0 Å². The molecule has 0 spiro atoms. The minimum atomic E-state index is 0.246. The van der Waals surface area contributed by atoms with Gasteiger partial charge in [0.25, 0.3) is 0 Å². The molecule has 0 bridgehead atoms. The number of unbranched alkanes of at least 4 members (excludes halogenated alkanes) is 1. The van der Waals surface area contributed by atoms with Gasteiger partial charge < -0.3 is 10.1 Å². The molecule has 0 radical (unpaired) electrons. The van der Waals surface area contributed by atoms with E-state index in [9.17, 15) is 0 Å². The molecule has 1 aromatic rings. The lowest BCUT2D eigenvalue weighted by Crippen LogP contribution is -2.33. The minimum Gasteiger partial charge on any atom is -0.371 e. The van der Waals surface area contributed by atoms with Gasteiger partial charge in [-0.1, -0.05) is 37.6 Å². The molecule has 1 unspecified atom stereocenters. The van der Waals surface area contributed by atoms with Crippen LogP contribution in [0.5, 0.6) is 0 Å². The molecule has 0 aromatic heterocycles. The first kappa shape index (κ1) is 11.6. The number of ether oxygens (including phenoxy) is 1. The normalized spacial score (nSPS) is 20.9. The molecule has 1 aromatic carbocycles. The molecule has 1 fully saturated rings. The molecule has 2 rings (SSSR count). The van der Waals surface area contributed by atoms with Crippen LogP contribution in [-0.2, 0) is 11.2 Å². The van der Waals surface area contributed by atoms with Gasteiger partial charge in [0.05, 0.1) is 12.7 Å². The second-order valence-corrected chi connectivity index (χ2v) is 4.41. The molecule has 0 aliphatic carbocycles. The van der Waals surface area contributed by atoms with Crippen molar-refractivity contribution in [1.29, 1.82) is 0 Å². The maximum Gasteiger partial charge on any atom is 0.0949 e. The number of aryl methyl sites for hydroxylation is 1. The van der Waals surface area contributed by atoms with Crippen molar-refractivity contribution < 1.29 is 4.74 Å². The van der Waals surface area contributed by atoms with E-state index in [4.69, 9.17) is 4.74 Å². The predicted octanol–water partition coefficient (Wildman–Crippen LogP) is 2.69. The highest BCUT2D eigenvalue weighted by Crippen LogP contribution is 2.20. The van der Waals surface area contributed by atoms with Crippen LogP contribution in [0.3, 0.4) is 0 Å². The molecule has 1 heterocycles. The number of hydrogen-bond donors (Lipinski definition) is 1. The molecule has 1 aliphatic rings. The monoisotopic (exact) mass is 219 g/mol. The van der Waals surface area contributed by atoms with Crippen molar-refractivity contribution in [3.8, 4) is 0 Å². The van der Waals surface area contributed by atoms with E-state index in [1.165, 1.54) is 30.4 Å². The highest BCUT2D eigenvalue weighted by Gasteiger charge is 2.15. The van der Waals surface area contributed by atoms with Gasteiger partial charge in [0.15, 0.2) is 0 Å². The van der Waals surface area contributed by atoms with Crippen molar-refractivity contribution in [2.75, 3.05) is 19.7 Å². The van der Waals surface area contributed by atoms with Crippen molar-refractivity contribution in [3.63, 3.8) is 0 Å². The lowest BCUT2D eigenvalue weighted by Gasteiger charge is -2.24. The van der Waals surface area contributed by atoms with E-state index in [0.717, 1.165) is 19.7 Å². The second kappa shape index (κ2) is 6.02. The van der Waals surface area contributed by atoms with E-state index in [1.54, 1.807) is 0 Å². The highest BCUT2D eigenvalue weighted by molar-refractivity contribution is 5.26. The molecule has 16 heavy (non-hydrogen) atoms. The number of rotatable bonds is 4. The van der Waals surface area contributed by atoms with Crippen LogP contribution in [0.2, 0.25) is 0 Å². The maximum atomic E-state index is 5.76. The standard InChI is InChI=1S/C14H21NO/c1-2-3-5-12-6-4-7-13(10-12)14-11-15-8-9-16-14/h4,6-7,10,14-15H,2-3,5,8-9,11H2,1H3. The first-order valence-electron chi connectivity index (χ1n) is 6.31. The molecule has 0 amide bonds. The van der Waals surface area contributed by atoms with E-state index in [0.29, 0.717) is 0 Å². The zero-order valence-electron chi connectivity index (χ0n) is 10.0. The fourth-order valence-electron chi connectivity index (χ4n) is 2.11. The van der Waals surface area contributed by atoms with Gasteiger partial charge in [-0.05, 0) is 24.0 Å². The van der Waals surface area contributed by atoms with E-state index < -0.39 is 0 Å².